The Morgan fingerprint density at radius 2 is 2.43 bits per heavy atom. The van der Waals surface area contributed by atoms with Gasteiger partial charge < -0.3 is 0 Å². The van der Waals surface area contributed by atoms with Crippen LogP contribution in [-0.2, 0) is 9.19 Å². The van der Waals surface area contributed by atoms with Gasteiger partial charge in [0, 0.05) is 6.16 Å². The summed E-state index contributed by atoms with van der Waals surface area (Å²) in [6.07, 6.45) is 1.47. The van der Waals surface area contributed by atoms with E-state index in [0.717, 1.165) is 6.42 Å². The molecule has 0 aliphatic rings. The van der Waals surface area contributed by atoms with Crippen LogP contribution in [0.15, 0.2) is 0 Å². The molecule has 0 saturated carbocycles. The first-order chi connectivity index (χ1) is 3.31. The number of rotatable bonds is 3. The first kappa shape index (κ1) is 7.15. The van der Waals surface area contributed by atoms with Crippen molar-refractivity contribution in [3.8, 4) is 0 Å². The van der Waals surface area contributed by atoms with E-state index in [1.54, 1.807) is 0 Å². The van der Waals surface area contributed by atoms with Crippen LogP contribution in [0.25, 0.3) is 0 Å². The highest BCUT2D eigenvalue weighted by molar-refractivity contribution is 7.39. The molecule has 0 rings (SSSR count). The molecular weight excluding hydrogens is 113 g/mol. The fourth-order valence-electron chi connectivity index (χ4n) is 0.263. The first-order valence-corrected chi connectivity index (χ1v) is 3.73. The summed E-state index contributed by atoms with van der Waals surface area (Å²) in [5.74, 6) is 4.59. The molecule has 0 amide bonds. The summed E-state index contributed by atoms with van der Waals surface area (Å²) in [4.78, 5) is 0. The second kappa shape index (κ2) is 4.31. The van der Waals surface area contributed by atoms with Gasteiger partial charge >= 0.3 is 0 Å². The van der Waals surface area contributed by atoms with Gasteiger partial charge in [0.2, 0.25) is 8.03 Å². The fourth-order valence-corrected chi connectivity index (χ4v) is 0.789. The molecule has 4 heteroatoms. The first-order valence-electron chi connectivity index (χ1n) is 2.20. The lowest BCUT2D eigenvalue weighted by Gasteiger charge is -1.90. The zero-order valence-electron chi connectivity index (χ0n) is 4.31. The standard InChI is InChI=1S/C3H10NO2P/c1-2-3-7(5)6-4/h7H,2-4H2,1H3. The maximum atomic E-state index is 10.2. The summed E-state index contributed by atoms with van der Waals surface area (Å²) in [5.41, 5.74) is 0. The molecule has 0 aromatic carbocycles. The van der Waals surface area contributed by atoms with Crippen molar-refractivity contribution < 1.29 is 9.19 Å². The van der Waals surface area contributed by atoms with E-state index in [9.17, 15) is 4.57 Å². The van der Waals surface area contributed by atoms with Crippen molar-refractivity contribution in [3.63, 3.8) is 0 Å². The smallest absolute Gasteiger partial charge is 0.209 e. The fraction of sp³-hybridized carbons (Fsp3) is 1.00. The summed E-state index contributed by atoms with van der Waals surface area (Å²) in [6.45, 7) is 1.93. The van der Waals surface area contributed by atoms with Crippen molar-refractivity contribution >= 4 is 8.03 Å². The molecule has 0 radical (unpaired) electrons. The number of hydrogen-bond donors (Lipinski definition) is 1. The number of nitrogens with two attached hydrogens (primary N) is 1. The van der Waals surface area contributed by atoms with Crippen LogP contribution in [0.3, 0.4) is 0 Å². The molecule has 44 valence electrons. The molecule has 0 aromatic rings. The van der Waals surface area contributed by atoms with Crippen LogP contribution in [0, 0.1) is 0 Å². The molecule has 0 bridgehead atoms. The van der Waals surface area contributed by atoms with Crippen molar-refractivity contribution in [2.75, 3.05) is 6.16 Å². The maximum Gasteiger partial charge on any atom is 0.209 e. The molecule has 7 heavy (non-hydrogen) atoms. The monoisotopic (exact) mass is 123 g/mol. The van der Waals surface area contributed by atoms with Gasteiger partial charge in [0.15, 0.2) is 0 Å². The molecule has 2 N–H and O–H groups in total. The molecule has 0 saturated heterocycles. The maximum absolute atomic E-state index is 10.2. The van der Waals surface area contributed by atoms with Crippen molar-refractivity contribution in [2.24, 2.45) is 5.90 Å². The lowest BCUT2D eigenvalue weighted by molar-refractivity contribution is 0.345. The highest BCUT2D eigenvalue weighted by atomic mass is 31.1. The van der Waals surface area contributed by atoms with Crippen molar-refractivity contribution in [1.82, 2.24) is 0 Å². The van der Waals surface area contributed by atoms with Gasteiger partial charge in [0.05, 0.1) is 0 Å². The van der Waals surface area contributed by atoms with Gasteiger partial charge in [-0.15, -0.1) is 0 Å². The van der Waals surface area contributed by atoms with Gasteiger partial charge in [-0.05, 0) is 6.42 Å². The van der Waals surface area contributed by atoms with Crippen LogP contribution in [0.4, 0.5) is 0 Å². The third-order valence-corrected chi connectivity index (χ3v) is 1.76. The van der Waals surface area contributed by atoms with E-state index >= 15 is 0 Å². The van der Waals surface area contributed by atoms with E-state index in [0.29, 0.717) is 6.16 Å². The molecule has 3 nitrogen and oxygen atoms in total. The summed E-state index contributed by atoms with van der Waals surface area (Å²) in [7, 11) is -1.85. The number of hydrogen-bond acceptors (Lipinski definition) is 3. The van der Waals surface area contributed by atoms with Crippen LogP contribution >= 0.6 is 8.03 Å². The Hall–Kier alpha value is 0.150. The van der Waals surface area contributed by atoms with Crippen LogP contribution in [0.1, 0.15) is 13.3 Å². The highest BCUT2D eigenvalue weighted by Crippen LogP contribution is 2.18. The lowest BCUT2D eigenvalue weighted by atomic mass is 10.6. The van der Waals surface area contributed by atoms with E-state index in [1.807, 2.05) is 6.92 Å². The van der Waals surface area contributed by atoms with Crippen LogP contribution in [0.5, 0.6) is 0 Å². The summed E-state index contributed by atoms with van der Waals surface area (Å²) in [6, 6.07) is 0. The Morgan fingerprint density at radius 1 is 1.86 bits per heavy atom. The van der Waals surface area contributed by atoms with Gasteiger partial charge in [-0.25, -0.2) is 10.5 Å². The van der Waals surface area contributed by atoms with Gasteiger partial charge in [-0.3, -0.25) is 4.57 Å². The molecule has 0 heterocycles. The SMILES string of the molecule is CCC[PH](=O)ON. The van der Waals surface area contributed by atoms with Crippen molar-refractivity contribution in [1.29, 1.82) is 0 Å². The second-order valence-electron chi connectivity index (χ2n) is 1.24. The largest absolute Gasteiger partial charge is 0.295 e. The second-order valence-corrected chi connectivity index (χ2v) is 2.72. The summed E-state index contributed by atoms with van der Waals surface area (Å²) >= 11 is 0. The average Bonchev–Trinajstić information content (AvgIpc) is 1.68. The molecule has 0 aromatic heterocycles. The topological polar surface area (TPSA) is 52.3 Å². The quantitative estimate of drug-likeness (QED) is 0.445. The van der Waals surface area contributed by atoms with Gasteiger partial charge in [-0.1, -0.05) is 6.92 Å². The molecule has 0 spiro atoms. The zero-order valence-corrected chi connectivity index (χ0v) is 5.31. The van der Waals surface area contributed by atoms with E-state index in [4.69, 9.17) is 0 Å². The molecular formula is C3H10NO2P. The van der Waals surface area contributed by atoms with Crippen molar-refractivity contribution in [3.05, 3.63) is 0 Å². The van der Waals surface area contributed by atoms with Crippen LogP contribution in [0.2, 0.25) is 0 Å². The molecule has 0 aliphatic carbocycles. The van der Waals surface area contributed by atoms with Crippen LogP contribution in [-0.4, -0.2) is 6.16 Å². The molecule has 1 unspecified atom stereocenters. The minimum absolute atomic E-state index is 0.598. The van der Waals surface area contributed by atoms with Crippen LogP contribution < -0.4 is 5.90 Å². The Kier molecular flexibility index (Phi) is 4.41. The Labute approximate surface area is 43.7 Å². The van der Waals surface area contributed by atoms with Crippen molar-refractivity contribution in [2.45, 2.75) is 13.3 Å². The third-order valence-electron chi connectivity index (χ3n) is 0.586. The molecule has 1 atom stereocenters. The highest BCUT2D eigenvalue weighted by Gasteiger charge is 1.90. The lowest BCUT2D eigenvalue weighted by Crippen LogP contribution is -1.89. The minimum Gasteiger partial charge on any atom is -0.295 e. The summed E-state index contributed by atoms with van der Waals surface area (Å²) < 4.78 is 14.3. The Bertz CT molecular complexity index is 66.0. The average molecular weight is 123 g/mol. The third kappa shape index (κ3) is 3.99. The molecule has 0 fully saturated rings. The Balaban J connectivity index is 3.00. The molecule has 0 aliphatic heterocycles. The normalized spacial score (nSPS) is 14.0. The zero-order chi connectivity index (χ0) is 5.70. The van der Waals surface area contributed by atoms with Gasteiger partial charge in [0.1, 0.15) is 0 Å². The van der Waals surface area contributed by atoms with E-state index in [-0.39, 0.29) is 0 Å². The predicted octanol–water partition coefficient (Wildman–Crippen LogP) is 0.761. The van der Waals surface area contributed by atoms with E-state index in [1.165, 1.54) is 0 Å². The van der Waals surface area contributed by atoms with Gasteiger partial charge in [0.25, 0.3) is 0 Å². The minimum atomic E-state index is -1.85. The van der Waals surface area contributed by atoms with E-state index in [2.05, 4.69) is 10.5 Å². The van der Waals surface area contributed by atoms with E-state index < -0.39 is 8.03 Å². The predicted molar refractivity (Wildman–Crippen MR) is 29.4 cm³/mol. The summed E-state index contributed by atoms with van der Waals surface area (Å²) in [5, 5.41) is 0. The Morgan fingerprint density at radius 3 is 2.57 bits per heavy atom. The van der Waals surface area contributed by atoms with Gasteiger partial charge in [-0.2, -0.15) is 0 Å².